The second-order valence-electron chi connectivity index (χ2n) is 10.2. The van der Waals surface area contributed by atoms with Crippen molar-refractivity contribution in [3.05, 3.63) is 165 Å². The third kappa shape index (κ3) is 4.11. The molecule has 0 unspecified atom stereocenters. The maximum atomic E-state index is 6.51. The molecule has 0 aliphatic rings. The third-order valence-electron chi connectivity index (χ3n) is 7.81. The predicted octanol–water partition coefficient (Wildman–Crippen LogP) is 11.5. The van der Waals surface area contributed by atoms with Crippen LogP contribution in [0.25, 0.3) is 71.5 Å². The number of hydrogen-bond acceptors (Lipinski definition) is 1. The first-order chi connectivity index (χ1) is 20.3. The Hall–Kier alpha value is -5.40. The van der Waals surface area contributed by atoms with Crippen LogP contribution in [0.15, 0.2) is 163 Å². The molecule has 0 saturated carbocycles. The number of rotatable bonds is 6. The fourth-order valence-electron chi connectivity index (χ4n) is 6.07. The van der Waals surface area contributed by atoms with Crippen molar-refractivity contribution < 1.29 is 4.42 Å². The molecule has 7 rings (SSSR count). The fourth-order valence-corrected chi connectivity index (χ4v) is 6.07. The van der Waals surface area contributed by atoms with Crippen LogP contribution < -0.4 is 0 Å². The van der Waals surface area contributed by atoms with Crippen molar-refractivity contribution in [3.8, 4) is 33.4 Å². The Morgan fingerprint density at radius 2 is 0.976 bits per heavy atom. The molecule has 1 heteroatoms. The molecule has 1 aromatic heterocycles. The molecule has 1 nitrogen and oxygen atoms in total. The molecule has 41 heavy (non-hydrogen) atoms. The molecule has 6 aromatic carbocycles. The highest BCUT2D eigenvalue weighted by Gasteiger charge is 2.21. The summed E-state index contributed by atoms with van der Waals surface area (Å²) in [6.07, 6.45) is 5.55. The van der Waals surface area contributed by atoms with Gasteiger partial charge in [0.15, 0.2) is 0 Å². The van der Waals surface area contributed by atoms with Gasteiger partial charge in [0.05, 0.1) is 0 Å². The number of allylic oxidation sites excluding steroid dienone is 4. The zero-order valence-electron chi connectivity index (χ0n) is 22.7. The molecular weight excluding hydrogens is 496 g/mol. The van der Waals surface area contributed by atoms with Gasteiger partial charge in [-0.15, -0.1) is 0 Å². The van der Waals surface area contributed by atoms with E-state index in [1.54, 1.807) is 6.08 Å². The molecular formula is C40H28O. The molecule has 194 valence electrons. The van der Waals surface area contributed by atoms with Gasteiger partial charge in [-0.25, -0.2) is 0 Å². The van der Waals surface area contributed by atoms with E-state index in [9.17, 15) is 0 Å². The Labute approximate surface area is 240 Å². The van der Waals surface area contributed by atoms with Gasteiger partial charge in [0, 0.05) is 16.5 Å². The summed E-state index contributed by atoms with van der Waals surface area (Å²) in [5.74, 6) is 0.799. The SMILES string of the molecule is C=C/C=C(\C=C)c1oc2ccc(-c3c4ccccc4c(-c4ccccc4)c4ccccc34)cc2c1-c1ccccc1. The quantitative estimate of drug-likeness (QED) is 0.156. The summed E-state index contributed by atoms with van der Waals surface area (Å²) in [5.41, 5.74) is 8.77. The molecule has 0 spiro atoms. The van der Waals surface area contributed by atoms with E-state index in [2.05, 4.69) is 134 Å². The molecule has 0 radical (unpaired) electrons. The van der Waals surface area contributed by atoms with Crippen LogP contribution in [-0.2, 0) is 0 Å². The largest absolute Gasteiger partial charge is 0.455 e. The van der Waals surface area contributed by atoms with Crippen LogP contribution in [0.2, 0.25) is 0 Å². The Bertz CT molecular complexity index is 2050. The Morgan fingerprint density at radius 1 is 0.488 bits per heavy atom. The van der Waals surface area contributed by atoms with Gasteiger partial charge in [-0.3, -0.25) is 0 Å². The lowest BCUT2D eigenvalue weighted by Gasteiger charge is -2.17. The van der Waals surface area contributed by atoms with Crippen LogP contribution in [0.3, 0.4) is 0 Å². The first-order valence-electron chi connectivity index (χ1n) is 13.8. The summed E-state index contributed by atoms with van der Waals surface area (Å²) in [6.45, 7) is 7.96. The minimum absolute atomic E-state index is 0.799. The smallest absolute Gasteiger partial charge is 0.143 e. The van der Waals surface area contributed by atoms with E-state index in [-0.39, 0.29) is 0 Å². The molecule has 0 bridgehead atoms. The van der Waals surface area contributed by atoms with E-state index >= 15 is 0 Å². The molecule has 0 N–H and O–H groups in total. The minimum Gasteiger partial charge on any atom is -0.455 e. The number of benzene rings is 6. The standard InChI is InChI=1S/C40H28O/c1-3-15-27(4-2)40-39(29-18-9-6-10-19-29)35-26-30(24-25-36(35)41-40)38-33-22-13-11-20-31(33)37(28-16-7-5-8-17-28)32-21-12-14-23-34(32)38/h3-26H,1-2H2/b27-15+. The molecule has 0 amide bonds. The first-order valence-corrected chi connectivity index (χ1v) is 13.8. The van der Waals surface area contributed by atoms with Crippen molar-refractivity contribution in [1.82, 2.24) is 0 Å². The van der Waals surface area contributed by atoms with E-state index in [1.165, 1.54) is 38.2 Å². The van der Waals surface area contributed by atoms with E-state index in [1.807, 2.05) is 18.2 Å². The van der Waals surface area contributed by atoms with Crippen molar-refractivity contribution in [1.29, 1.82) is 0 Å². The van der Waals surface area contributed by atoms with Crippen LogP contribution >= 0.6 is 0 Å². The van der Waals surface area contributed by atoms with Crippen molar-refractivity contribution in [2.24, 2.45) is 0 Å². The summed E-state index contributed by atoms with van der Waals surface area (Å²) >= 11 is 0. The molecule has 0 aliphatic carbocycles. The molecule has 7 aromatic rings. The number of hydrogen-bond donors (Lipinski definition) is 0. The predicted molar refractivity (Wildman–Crippen MR) is 176 cm³/mol. The van der Waals surface area contributed by atoms with Gasteiger partial charge in [-0.05, 0) is 61.5 Å². The van der Waals surface area contributed by atoms with Crippen LogP contribution in [0.1, 0.15) is 5.76 Å². The fraction of sp³-hybridized carbons (Fsp3) is 0. The molecule has 0 fully saturated rings. The highest BCUT2D eigenvalue weighted by atomic mass is 16.3. The Balaban J connectivity index is 1.58. The van der Waals surface area contributed by atoms with Gasteiger partial charge in [0.25, 0.3) is 0 Å². The summed E-state index contributed by atoms with van der Waals surface area (Å²) in [4.78, 5) is 0. The topological polar surface area (TPSA) is 13.1 Å². The van der Waals surface area contributed by atoms with Gasteiger partial charge >= 0.3 is 0 Å². The maximum absolute atomic E-state index is 6.51. The van der Waals surface area contributed by atoms with Crippen LogP contribution in [0, 0.1) is 0 Å². The van der Waals surface area contributed by atoms with E-state index in [4.69, 9.17) is 4.42 Å². The highest BCUT2D eigenvalue weighted by molar-refractivity contribution is 6.22. The molecule has 0 aliphatic heterocycles. The van der Waals surface area contributed by atoms with E-state index in [0.29, 0.717) is 0 Å². The van der Waals surface area contributed by atoms with Crippen molar-refractivity contribution in [3.63, 3.8) is 0 Å². The minimum atomic E-state index is 0.799. The zero-order chi connectivity index (χ0) is 27.8. The second-order valence-corrected chi connectivity index (χ2v) is 10.2. The highest BCUT2D eigenvalue weighted by Crippen LogP contribution is 2.46. The van der Waals surface area contributed by atoms with Crippen LogP contribution in [-0.4, -0.2) is 0 Å². The van der Waals surface area contributed by atoms with Crippen molar-refractivity contribution in [2.75, 3.05) is 0 Å². The van der Waals surface area contributed by atoms with Gasteiger partial charge in [-0.2, -0.15) is 0 Å². The Morgan fingerprint density at radius 3 is 1.49 bits per heavy atom. The van der Waals surface area contributed by atoms with Gasteiger partial charge in [0.1, 0.15) is 11.3 Å². The second kappa shape index (κ2) is 10.3. The van der Waals surface area contributed by atoms with Crippen LogP contribution in [0.5, 0.6) is 0 Å². The van der Waals surface area contributed by atoms with Gasteiger partial charge in [0.2, 0.25) is 0 Å². The monoisotopic (exact) mass is 524 g/mol. The average molecular weight is 525 g/mol. The molecule has 1 heterocycles. The van der Waals surface area contributed by atoms with Gasteiger partial charge < -0.3 is 4.42 Å². The van der Waals surface area contributed by atoms with Gasteiger partial charge in [-0.1, -0.05) is 147 Å². The lowest BCUT2D eigenvalue weighted by atomic mass is 9.85. The maximum Gasteiger partial charge on any atom is 0.143 e. The first kappa shape index (κ1) is 24.6. The Kier molecular flexibility index (Phi) is 6.18. The summed E-state index contributed by atoms with van der Waals surface area (Å²) in [5, 5.41) is 6.01. The van der Waals surface area contributed by atoms with Crippen molar-refractivity contribution >= 4 is 38.1 Å². The number of fused-ring (bicyclic) bond motifs is 3. The number of furan rings is 1. The van der Waals surface area contributed by atoms with E-state index < -0.39 is 0 Å². The van der Waals surface area contributed by atoms with Crippen LogP contribution in [0.4, 0.5) is 0 Å². The summed E-state index contributed by atoms with van der Waals surface area (Å²) < 4.78 is 6.51. The van der Waals surface area contributed by atoms with Crippen molar-refractivity contribution in [2.45, 2.75) is 0 Å². The van der Waals surface area contributed by atoms with E-state index in [0.717, 1.165) is 39.0 Å². The average Bonchev–Trinajstić information content (AvgIpc) is 3.41. The lowest BCUT2D eigenvalue weighted by Crippen LogP contribution is -1.90. The zero-order valence-corrected chi connectivity index (χ0v) is 22.7. The lowest BCUT2D eigenvalue weighted by molar-refractivity contribution is 0.602. The summed E-state index contributed by atoms with van der Waals surface area (Å²) in [7, 11) is 0. The normalized spacial score (nSPS) is 11.8. The summed E-state index contributed by atoms with van der Waals surface area (Å²) in [6, 6.07) is 45.2. The molecule has 0 atom stereocenters. The molecule has 0 saturated heterocycles. The third-order valence-corrected chi connectivity index (χ3v) is 7.81.